The third kappa shape index (κ3) is 2.71. The number of nitrogens with zero attached hydrogens (tertiary/aromatic N) is 2. The van der Waals surface area contributed by atoms with Gasteiger partial charge in [-0.15, -0.1) is 0 Å². The second-order valence-corrected chi connectivity index (χ2v) is 5.36. The lowest BCUT2D eigenvalue weighted by atomic mass is 10.2. The molecule has 0 radical (unpaired) electrons. The molecule has 1 N–H and O–H groups in total. The van der Waals surface area contributed by atoms with E-state index in [0.717, 1.165) is 30.5 Å². The van der Waals surface area contributed by atoms with E-state index in [1.807, 2.05) is 24.3 Å². The lowest BCUT2D eigenvalue weighted by Gasteiger charge is -2.11. The maximum absolute atomic E-state index is 12.2. The predicted molar refractivity (Wildman–Crippen MR) is 79.2 cm³/mol. The predicted octanol–water partition coefficient (Wildman–Crippen LogP) is 0.635. The number of aromatic nitrogens is 2. The highest BCUT2D eigenvalue weighted by Crippen LogP contribution is 2.12. The van der Waals surface area contributed by atoms with Crippen molar-refractivity contribution in [2.24, 2.45) is 7.05 Å². The Hall–Kier alpha value is -2.08. The number of para-hydroxylation sites is 2. The molecule has 2 aromatic rings. The summed E-state index contributed by atoms with van der Waals surface area (Å²) in [7, 11) is 1.71. The first-order valence-corrected chi connectivity index (χ1v) is 7.19. The van der Waals surface area contributed by atoms with Crippen LogP contribution < -0.4 is 11.0 Å². The molecule has 6 nitrogen and oxygen atoms in total. The van der Waals surface area contributed by atoms with Crippen LogP contribution in [0.4, 0.5) is 0 Å². The van der Waals surface area contributed by atoms with E-state index < -0.39 is 0 Å². The topological polar surface area (TPSA) is 65.3 Å². The highest BCUT2D eigenvalue weighted by molar-refractivity contribution is 5.80. The van der Waals surface area contributed by atoms with Crippen LogP contribution in [0, 0.1) is 0 Å². The van der Waals surface area contributed by atoms with E-state index in [-0.39, 0.29) is 24.2 Å². The minimum Gasteiger partial charge on any atom is -0.376 e. The molecule has 1 aromatic carbocycles. The molecule has 0 bridgehead atoms. The molecule has 21 heavy (non-hydrogen) atoms. The zero-order valence-corrected chi connectivity index (χ0v) is 12.0. The van der Waals surface area contributed by atoms with Crippen LogP contribution in [0.3, 0.4) is 0 Å². The number of imidazole rings is 1. The molecule has 6 heteroatoms. The van der Waals surface area contributed by atoms with Gasteiger partial charge in [0.2, 0.25) is 5.91 Å². The number of hydrogen-bond donors (Lipinski definition) is 1. The van der Waals surface area contributed by atoms with Crippen molar-refractivity contribution < 1.29 is 9.53 Å². The Kier molecular flexibility index (Phi) is 3.79. The van der Waals surface area contributed by atoms with Crippen molar-refractivity contribution in [2.45, 2.75) is 25.5 Å². The lowest BCUT2D eigenvalue weighted by molar-refractivity contribution is -0.122. The highest BCUT2D eigenvalue weighted by atomic mass is 16.5. The van der Waals surface area contributed by atoms with Crippen LogP contribution in [-0.4, -0.2) is 34.3 Å². The SMILES string of the molecule is Cn1c(=O)n(CC(=O)NC[C@@H]2CCCO2)c2ccccc21. The molecule has 112 valence electrons. The zero-order chi connectivity index (χ0) is 14.8. The number of benzene rings is 1. The van der Waals surface area contributed by atoms with Gasteiger partial charge in [0.15, 0.2) is 0 Å². The second-order valence-electron chi connectivity index (χ2n) is 5.36. The Balaban J connectivity index is 1.73. The molecule has 1 atom stereocenters. The third-order valence-corrected chi connectivity index (χ3v) is 3.90. The van der Waals surface area contributed by atoms with E-state index in [0.29, 0.717) is 6.54 Å². The summed E-state index contributed by atoms with van der Waals surface area (Å²) in [6.07, 6.45) is 2.14. The molecule has 2 heterocycles. The number of nitrogens with one attached hydrogen (secondary N) is 1. The largest absolute Gasteiger partial charge is 0.376 e. The average molecular weight is 289 g/mol. The summed E-state index contributed by atoms with van der Waals surface area (Å²) >= 11 is 0. The standard InChI is InChI=1S/C15H19N3O3/c1-17-12-6-2-3-7-13(12)18(15(17)20)10-14(19)16-9-11-5-4-8-21-11/h2-3,6-7,11H,4-5,8-10H2,1H3,(H,16,19)/t11-/m0/s1. The molecule has 0 spiro atoms. The smallest absolute Gasteiger partial charge is 0.329 e. The van der Waals surface area contributed by atoms with Crippen molar-refractivity contribution in [1.29, 1.82) is 0 Å². The van der Waals surface area contributed by atoms with Gasteiger partial charge in [0, 0.05) is 20.2 Å². The van der Waals surface area contributed by atoms with E-state index in [4.69, 9.17) is 4.74 Å². The number of carbonyl (C=O) groups excluding carboxylic acids is 1. The number of carbonyl (C=O) groups is 1. The van der Waals surface area contributed by atoms with Gasteiger partial charge in [-0.3, -0.25) is 13.9 Å². The van der Waals surface area contributed by atoms with E-state index in [9.17, 15) is 9.59 Å². The number of aryl methyl sites for hydroxylation is 1. The van der Waals surface area contributed by atoms with Gasteiger partial charge in [-0.1, -0.05) is 12.1 Å². The molecule has 1 amide bonds. The molecular formula is C15H19N3O3. The van der Waals surface area contributed by atoms with Crippen LogP contribution in [0.15, 0.2) is 29.1 Å². The summed E-state index contributed by atoms with van der Waals surface area (Å²) in [4.78, 5) is 24.2. The lowest BCUT2D eigenvalue weighted by Crippen LogP contribution is -2.36. The highest BCUT2D eigenvalue weighted by Gasteiger charge is 2.17. The summed E-state index contributed by atoms with van der Waals surface area (Å²) in [5.41, 5.74) is 1.43. The van der Waals surface area contributed by atoms with Crippen LogP contribution in [0.5, 0.6) is 0 Å². The van der Waals surface area contributed by atoms with E-state index in [1.165, 1.54) is 4.57 Å². The summed E-state index contributed by atoms with van der Waals surface area (Å²) in [5.74, 6) is -0.163. The Morgan fingerprint density at radius 2 is 2.14 bits per heavy atom. The molecule has 1 aliphatic rings. The third-order valence-electron chi connectivity index (χ3n) is 3.90. The van der Waals surface area contributed by atoms with Gasteiger partial charge >= 0.3 is 5.69 Å². The van der Waals surface area contributed by atoms with Crippen LogP contribution in [0.1, 0.15) is 12.8 Å². The molecule has 3 rings (SSSR count). The maximum Gasteiger partial charge on any atom is 0.329 e. The summed E-state index contributed by atoms with van der Waals surface area (Å²) in [5, 5.41) is 2.84. The van der Waals surface area contributed by atoms with Gasteiger partial charge in [-0.2, -0.15) is 0 Å². The fourth-order valence-corrected chi connectivity index (χ4v) is 2.75. The molecule has 0 saturated carbocycles. The number of hydrogen-bond acceptors (Lipinski definition) is 3. The number of rotatable bonds is 4. The van der Waals surface area contributed by atoms with Gasteiger partial charge in [0.1, 0.15) is 6.54 Å². The summed E-state index contributed by atoms with van der Waals surface area (Å²) in [6, 6.07) is 7.47. The Bertz CT molecular complexity index is 711. The van der Waals surface area contributed by atoms with Crippen LogP contribution in [0.25, 0.3) is 11.0 Å². The molecule has 1 aromatic heterocycles. The molecule has 1 fully saturated rings. The number of ether oxygens (including phenoxy) is 1. The quantitative estimate of drug-likeness (QED) is 0.898. The van der Waals surface area contributed by atoms with Crippen molar-refractivity contribution in [3.63, 3.8) is 0 Å². The van der Waals surface area contributed by atoms with Gasteiger partial charge in [-0.25, -0.2) is 4.79 Å². The molecule has 1 saturated heterocycles. The van der Waals surface area contributed by atoms with E-state index >= 15 is 0 Å². The van der Waals surface area contributed by atoms with Crippen LogP contribution in [0.2, 0.25) is 0 Å². The fourth-order valence-electron chi connectivity index (χ4n) is 2.75. The van der Waals surface area contributed by atoms with Crippen LogP contribution >= 0.6 is 0 Å². The van der Waals surface area contributed by atoms with Crippen molar-refractivity contribution in [1.82, 2.24) is 14.5 Å². The Morgan fingerprint density at radius 3 is 2.86 bits per heavy atom. The fraction of sp³-hybridized carbons (Fsp3) is 0.467. The van der Waals surface area contributed by atoms with E-state index in [2.05, 4.69) is 5.32 Å². The Labute approximate surface area is 122 Å². The first-order valence-electron chi connectivity index (χ1n) is 7.19. The molecular weight excluding hydrogens is 270 g/mol. The second kappa shape index (κ2) is 5.73. The molecule has 0 aliphatic carbocycles. The van der Waals surface area contributed by atoms with Gasteiger partial charge < -0.3 is 10.1 Å². The molecule has 0 unspecified atom stereocenters. The van der Waals surface area contributed by atoms with E-state index in [1.54, 1.807) is 11.6 Å². The van der Waals surface area contributed by atoms with Gasteiger partial charge in [0.05, 0.1) is 17.1 Å². The van der Waals surface area contributed by atoms with Crippen LogP contribution in [-0.2, 0) is 23.1 Å². The monoisotopic (exact) mass is 289 g/mol. The first-order chi connectivity index (χ1) is 10.2. The zero-order valence-electron chi connectivity index (χ0n) is 12.0. The van der Waals surface area contributed by atoms with Crippen molar-refractivity contribution in [3.05, 3.63) is 34.7 Å². The minimum absolute atomic E-state index is 0.0346. The minimum atomic E-state index is -0.177. The molecule has 1 aliphatic heterocycles. The first kappa shape index (κ1) is 13.9. The number of fused-ring (bicyclic) bond motifs is 1. The normalized spacial score (nSPS) is 18.2. The van der Waals surface area contributed by atoms with Gasteiger partial charge in [0.25, 0.3) is 0 Å². The van der Waals surface area contributed by atoms with Crippen molar-refractivity contribution in [3.8, 4) is 0 Å². The van der Waals surface area contributed by atoms with Gasteiger partial charge in [-0.05, 0) is 25.0 Å². The Morgan fingerprint density at radius 1 is 1.38 bits per heavy atom. The van der Waals surface area contributed by atoms with Crippen molar-refractivity contribution >= 4 is 16.9 Å². The maximum atomic E-state index is 12.2. The summed E-state index contributed by atoms with van der Waals surface area (Å²) < 4.78 is 8.52. The average Bonchev–Trinajstić information content (AvgIpc) is 3.09. The summed E-state index contributed by atoms with van der Waals surface area (Å²) in [6.45, 7) is 1.31. The number of amides is 1. The van der Waals surface area contributed by atoms with Crippen molar-refractivity contribution in [2.75, 3.05) is 13.2 Å².